The van der Waals surface area contributed by atoms with Gasteiger partial charge >= 0.3 is 0 Å². The maximum atomic E-state index is 13.1. The molecule has 0 radical (unpaired) electrons. The second-order valence-corrected chi connectivity index (χ2v) is 8.82. The fourth-order valence-electron chi connectivity index (χ4n) is 5.14. The van der Waals surface area contributed by atoms with Crippen LogP contribution >= 0.6 is 0 Å². The number of carbonyl (C=O) groups excluding carboxylic acids is 1. The van der Waals surface area contributed by atoms with Crippen molar-refractivity contribution < 1.29 is 4.79 Å². The summed E-state index contributed by atoms with van der Waals surface area (Å²) in [6.07, 6.45) is 4.04. The predicted octanol–water partition coefficient (Wildman–Crippen LogP) is 3.02. The van der Waals surface area contributed by atoms with Crippen molar-refractivity contribution in [3.05, 3.63) is 71.6 Å². The molecule has 162 valence electrons. The quantitative estimate of drug-likeness (QED) is 0.532. The highest BCUT2D eigenvalue weighted by atomic mass is 16.2. The average molecular weight is 428 g/mol. The maximum Gasteiger partial charge on any atom is 0.252 e. The summed E-state index contributed by atoms with van der Waals surface area (Å²) in [5.41, 5.74) is 5.28. The number of hydrogen-bond acceptors (Lipinski definition) is 5. The minimum Gasteiger partial charge on any atom is -0.372 e. The molecule has 8 nitrogen and oxygen atoms in total. The van der Waals surface area contributed by atoms with Gasteiger partial charge in [0.2, 0.25) is 5.91 Å². The number of aromatic nitrogens is 5. The lowest BCUT2D eigenvalue weighted by Crippen LogP contribution is -2.51. The lowest BCUT2D eigenvalue weighted by atomic mass is 9.82. The smallest absolute Gasteiger partial charge is 0.252 e. The largest absolute Gasteiger partial charge is 0.372 e. The Bertz CT molecular complexity index is 1340. The zero-order valence-electron chi connectivity index (χ0n) is 18.2. The van der Waals surface area contributed by atoms with Crippen molar-refractivity contribution >= 4 is 17.4 Å². The van der Waals surface area contributed by atoms with Crippen molar-refractivity contribution in [3.63, 3.8) is 0 Å². The van der Waals surface area contributed by atoms with Crippen LogP contribution in [0.25, 0.3) is 11.5 Å². The molecule has 0 aliphatic carbocycles. The van der Waals surface area contributed by atoms with Crippen molar-refractivity contribution in [2.24, 2.45) is 0 Å². The molecule has 0 unspecified atom stereocenters. The molecule has 1 spiro atoms. The van der Waals surface area contributed by atoms with Gasteiger partial charge in [-0.3, -0.25) is 4.79 Å². The van der Waals surface area contributed by atoms with Gasteiger partial charge in [-0.25, -0.2) is 9.50 Å². The highest BCUT2D eigenvalue weighted by Gasteiger charge is 2.42. The van der Waals surface area contributed by atoms with Gasteiger partial charge in [0.1, 0.15) is 0 Å². The number of anilines is 1. The van der Waals surface area contributed by atoms with E-state index in [0.29, 0.717) is 24.7 Å². The van der Waals surface area contributed by atoms with E-state index in [1.807, 2.05) is 24.8 Å². The van der Waals surface area contributed by atoms with E-state index in [-0.39, 0.29) is 17.9 Å². The third kappa shape index (κ3) is 2.90. The molecule has 2 aliphatic heterocycles. The summed E-state index contributed by atoms with van der Waals surface area (Å²) in [6.45, 7) is 5.30. The van der Waals surface area contributed by atoms with E-state index < -0.39 is 0 Å². The normalized spacial score (nSPS) is 16.6. The number of nitrogens with zero attached hydrogens (tertiary/aromatic N) is 6. The summed E-state index contributed by atoms with van der Waals surface area (Å²) in [7, 11) is 0. The Morgan fingerprint density at radius 2 is 1.91 bits per heavy atom. The summed E-state index contributed by atoms with van der Waals surface area (Å²) in [5.74, 6) is 1.14. The molecule has 1 saturated heterocycles. The van der Waals surface area contributed by atoms with Gasteiger partial charge in [0, 0.05) is 36.4 Å². The Morgan fingerprint density at radius 3 is 2.75 bits per heavy atom. The minimum atomic E-state index is -0.158. The first kappa shape index (κ1) is 19.0. The van der Waals surface area contributed by atoms with Crippen LogP contribution in [-0.2, 0) is 16.8 Å². The molecule has 1 aromatic carbocycles. The van der Waals surface area contributed by atoms with E-state index in [9.17, 15) is 4.79 Å². The van der Waals surface area contributed by atoms with Gasteiger partial charge in [0.05, 0.1) is 23.3 Å². The fourth-order valence-corrected chi connectivity index (χ4v) is 5.14. The van der Waals surface area contributed by atoms with Crippen LogP contribution in [0.4, 0.5) is 5.69 Å². The lowest BCUT2D eigenvalue weighted by molar-refractivity contribution is -0.132. The monoisotopic (exact) mass is 427 g/mol. The Labute approximate surface area is 185 Å². The van der Waals surface area contributed by atoms with E-state index in [1.165, 1.54) is 11.4 Å². The zero-order chi connectivity index (χ0) is 21.9. The number of para-hydroxylation sites is 2. The Kier molecular flexibility index (Phi) is 4.11. The first-order valence-electron chi connectivity index (χ1n) is 11.1. The highest BCUT2D eigenvalue weighted by Crippen LogP contribution is 2.43. The summed E-state index contributed by atoms with van der Waals surface area (Å²) in [6, 6.07) is 14.6. The van der Waals surface area contributed by atoms with Gasteiger partial charge in [-0.05, 0) is 57.0 Å². The number of amides is 1. The number of aryl methyl sites for hydroxylation is 2. The van der Waals surface area contributed by atoms with Crippen LogP contribution in [-0.4, -0.2) is 48.0 Å². The van der Waals surface area contributed by atoms with Crippen molar-refractivity contribution in [3.8, 4) is 5.69 Å². The minimum absolute atomic E-state index is 0.0664. The second-order valence-electron chi connectivity index (χ2n) is 8.82. The molecule has 4 aromatic rings. The topological polar surface area (TPSA) is 80.4 Å². The van der Waals surface area contributed by atoms with Crippen LogP contribution in [0.15, 0.2) is 48.7 Å². The summed E-state index contributed by atoms with van der Waals surface area (Å²) in [5, 5.41) is 8.30. The molecule has 8 heteroatoms. The van der Waals surface area contributed by atoms with E-state index in [0.717, 1.165) is 29.9 Å². The summed E-state index contributed by atoms with van der Waals surface area (Å²) < 4.78 is 3.99. The zero-order valence-corrected chi connectivity index (χ0v) is 18.2. The number of piperidine rings is 1. The molecule has 0 bridgehead atoms. The van der Waals surface area contributed by atoms with E-state index >= 15 is 0 Å². The summed E-state index contributed by atoms with van der Waals surface area (Å²) in [4.78, 5) is 23.9. The molecule has 0 atom stereocenters. The molecule has 1 fully saturated rings. The van der Waals surface area contributed by atoms with Crippen LogP contribution in [0.1, 0.15) is 35.7 Å². The van der Waals surface area contributed by atoms with Gasteiger partial charge in [-0.2, -0.15) is 4.98 Å². The van der Waals surface area contributed by atoms with Crippen LogP contribution in [0, 0.1) is 13.8 Å². The standard InChI is InChI=1S/C24H25N7O/c1-16-14-17(2)31-23(25-16)26-21(28-31)15-22(32)29-12-9-24(10-13-29)20-8-5-11-30(20)19-7-4-3-6-18(19)27-24/h3-8,11,14,27H,9-10,12-13,15H2,1-2H3. The maximum absolute atomic E-state index is 13.1. The van der Waals surface area contributed by atoms with E-state index in [4.69, 9.17) is 0 Å². The molecule has 32 heavy (non-hydrogen) atoms. The Morgan fingerprint density at radius 1 is 1.09 bits per heavy atom. The van der Waals surface area contributed by atoms with Crippen molar-refractivity contribution in [2.45, 2.75) is 38.6 Å². The average Bonchev–Trinajstić information content (AvgIpc) is 3.42. The first-order valence-corrected chi connectivity index (χ1v) is 11.1. The number of fused-ring (bicyclic) bond motifs is 5. The molecule has 0 saturated carbocycles. The molecule has 3 aromatic heterocycles. The third-order valence-electron chi connectivity index (χ3n) is 6.72. The van der Waals surface area contributed by atoms with Crippen molar-refractivity contribution in [1.29, 1.82) is 0 Å². The summed E-state index contributed by atoms with van der Waals surface area (Å²) >= 11 is 0. The molecule has 1 amide bonds. The first-order chi connectivity index (χ1) is 15.5. The van der Waals surface area contributed by atoms with Crippen molar-refractivity contribution in [2.75, 3.05) is 18.4 Å². The highest BCUT2D eigenvalue weighted by molar-refractivity contribution is 5.78. The van der Waals surface area contributed by atoms with Crippen LogP contribution in [0.5, 0.6) is 0 Å². The van der Waals surface area contributed by atoms with Crippen LogP contribution in [0.2, 0.25) is 0 Å². The fraction of sp³-hybridized carbons (Fsp3) is 0.333. The second kappa shape index (κ2) is 6.91. The molecule has 2 aliphatic rings. The van der Waals surface area contributed by atoms with Gasteiger partial charge in [-0.1, -0.05) is 12.1 Å². The van der Waals surface area contributed by atoms with Gasteiger partial charge in [-0.15, -0.1) is 5.10 Å². The Hall–Kier alpha value is -3.68. The van der Waals surface area contributed by atoms with E-state index in [2.05, 4.69) is 67.5 Å². The third-order valence-corrected chi connectivity index (χ3v) is 6.72. The van der Waals surface area contributed by atoms with Crippen LogP contribution in [0.3, 0.4) is 0 Å². The SMILES string of the molecule is Cc1cc(C)n2nc(CC(=O)N3CCC4(CC3)Nc3ccccc3-n3cccc34)nc2n1. The number of rotatable bonds is 2. The molecular weight excluding hydrogens is 402 g/mol. The van der Waals surface area contributed by atoms with Gasteiger partial charge in [0.15, 0.2) is 5.82 Å². The van der Waals surface area contributed by atoms with Crippen molar-refractivity contribution in [1.82, 2.24) is 29.0 Å². The van der Waals surface area contributed by atoms with Gasteiger partial charge < -0.3 is 14.8 Å². The van der Waals surface area contributed by atoms with Gasteiger partial charge in [0.25, 0.3) is 5.78 Å². The Balaban J connectivity index is 1.20. The number of hydrogen-bond donors (Lipinski definition) is 1. The number of carbonyl (C=O) groups is 1. The number of benzene rings is 1. The van der Waals surface area contributed by atoms with E-state index in [1.54, 1.807) is 4.52 Å². The molecule has 5 heterocycles. The molecule has 1 N–H and O–H groups in total. The lowest BCUT2D eigenvalue weighted by Gasteiger charge is -2.46. The number of likely N-dealkylation sites (tertiary alicyclic amines) is 1. The molecular formula is C24H25N7O. The van der Waals surface area contributed by atoms with Crippen LogP contribution < -0.4 is 5.32 Å². The molecule has 6 rings (SSSR count). The number of nitrogens with one attached hydrogen (secondary N) is 1. The predicted molar refractivity (Wildman–Crippen MR) is 121 cm³/mol.